The molecule has 1 N–H and O–H groups in total. The number of carbonyl (C=O) groups excluding carboxylic acids is 2. The molecule has 1 aliphatic carbocycles. The van der Waals surface area contributed by atoms with Crippen molar-refractivity contribution in [3.63, 3.8) is 0 Å². The van der Waals surface area contributed by atoms with Gasteiger partial charge in [0.05, 0.1) is 11.8 Å². The molecule has 5 nitrogen and oxygen atoms in total. The summed E-state index contributed by atoms with van der Waals surface area (Å²) < 4.78 is 5.71. The maximum Gasteiger partial charge on any atom is 0.226 e. The number of rotatable bonds is 7. The number of amides is 2. The van der Waals surface area contributed by atoms with E-state index in [1.54, 1.807) is 6.92 Å². The minimum absolute atomic E-state index is 0.0404. The number of carbonyl (C=O) groups is 2. The summed E-state index contributed by atoms with van der Waals surface area (Å²) in [6.07, 6.45) is 4.77. The first-order valence-electron chi connectivity index (χ1n) is 8.80. The number of benzene rings is 1. The van der Waals surface area contributed by atoms with Crippen LogP contribution in [0.4, 0.5) is 5.69 Å². The number of nitrogens with one attached hydrogen (secondary N) is 1. The summed E-state index contributed by atoms with van der Waals surface area (Å²) in [5.74, 6) is 0.623. The summed E-state index contributed by atoms with van der Waals surface area (Å²) in [5.41, 5.74) is 0.673. The average molecular weight is 332 g/mol. The van der Waals surface area contributed by atoms with Crippen LogP contribution in [0.3, 0.4) is 0 Å². The van der Waals surface area contributed by atoms with Crippen LogP contribution in [-0.2, 0) is 9.59 Å². The Morgan fingerprint density at radius 2 is 1.92 bits per heavy atom. The SMILES string of the molecule is CC(=O)N(CCC(=O)Nc1ccccc1OC(C)C)C1CCCC1. The highest BCUT2D eigenvalue weighted by atomic mass is 16.5. The van der Waals surface area contributed by atoms with Gasteiger partial charge in [0.1, 0.15) is 5.75 Å². The molecule has 0 unspecified atom stereocenters. The first kappa shape index (κ1) is 18.3. The van der Waals surface area contributed by atoms with E-state index < -0.39 is 0 Å². The van der Waals surface area contributed by atoms with Crippen LogP contribution >= 0.6 is 0 Å². The molecule has 132 valence electrons. The van der Waals surface area contributed by atoms with Gasteiger partial charge in [-0.1, -0.05) is 25.0 Å². The highest BCUT2D eigenvalue weighted by molar-refractivity contribution is 5.92. The molecular formula is C19H28N2O3. The monoisotopic (exact) mass is 332 g/mol. The van der Waals surface area contributed by atoms with E-state index in [4.69, 9.17) is 4.74 Å². The van der Waals surface area contributed by atoms with Crippen molar-refractivity contribution in [2.75, 3.05) is 11.9 Å². The molecule has 0 heterocycles. The molecular weight excluding hydrogens is 304 g/mol. The lowest BCUT2D eigenvalue weighted by atomic mass is 10.2. The van der Waals surface area contributed by atoms with Gasteiger partial charge in [0.25, 0.3) is 0 Å². The van der Waals surface area contributed by atoms with Crippen LogP contribution in [0.25, 0.3) is 0 Å². The predicted octanol–water partition coefficient (Wildman–Crippen LogP) is 3.59. The molecule has 0 radical (unpaired) electrons. The first-order chi connectivity index (χ1) is 11.5. The van der Waals surface area contributed by atoms with Crippen molar-refractivity contribution in [3.05, 3.63) is 24.3 Å². The molecule has 0 spiro atoms. The number of para-hydroxylation sites is 2. The van der Waals surface area contributed by atoms with Crippen LogP contribution < -0.4 is 10.1 Å². The molecule has 2 amide bonds. The smallest absolute Gasteiger partial charge is 0.226 e. The lowest BCUT2D eigenvalue weighted by Gasteiger charge is -2.27. The standard InChI is InChI=1S/C19H28N2O3/c1-14(2)24-18-11-7-6-10-17(18)20-19(23)12-13-21(15(3)22)16-8-4-5-9-16/h6-7,10-11,14,16H,4-5,8-9,12-13H2,1-3H3,(H,20,23). The third-order valence-corrected chi connectivity index (χ3v) is 4.27. The number of hydrogen-bond acceptors (Lipinski definition) is 3. The molecule has 1 fully saturated rings. The number of hydrogen-bond donors (Lipinski definition) is 1. The Balaban J connectivity index is 1.92. The Hall–Kier alpha value is -2.04. The van der Waals surface area contributed by atoms with Crippen LogP contribution in [0.5, 0.6) is 5.75 Å². The summed E-state index contributed by atoms with van der Waals surface area (Å²) in [7, 11) is 0. The fourth-order valence-electron chi connectivity index (χ4n) is 3.17. The molecule has 0 aliphatic heterocycles. The van der Waals surface area contributed by atoms with E-state index in [1.165, 1.54) is 12.8 Å². The van der Waals surface area contributed by atoms with Crippen LogP contribution in [0.1, 0.15) is 52.9 Å². The van der Waals surface area contributed by atoms with E-state index in [-0.39, 0.29) is 17.9 Å². The fourth-order valence-corrected chi connectivity index (χ4v) is 3.17. The van der Waals surface area contributed by atoms with Crippen LogP contribution in [0.15, 0.2) is 24.3 Å². The summed E-state index contributed by atoms with van der Waals surface area (Å²) >= 11 is 0. The molecule has 1 aromatic carbocycles. The van der Waals surface area contributed by atoms with Crippen LogP contribution in [0.2, 0.25) is 0 Å². The lowest BCUT2D eigenvalue weighted by molar-refractivity contribution is -0.131. The second-order valence-electron chi connectivity index (χ2n) is 6.61. The number of anilines is 1. The molecule has 1 saturated carbocycles. The highest BCUT2D eigenvalue weighted by Crippen LogP contribution is 2.26. The molecule has 5 heteroatoms. The van der Waals surface area contributed by atoms with Gasteiger partial charge in [0, 0.05) is 25.9 Å². The molecule has 0 bridgehead atoms. The topological polar surface area (TPSA) is 58.6 Å². The van der Waals surface area contributed by atoms with Gasteiger partial charge in [-0.05, 0) is 38.8 Å². The van der Waals surface area contributed by atoms with Crippen LogP contribution in [0, 0.1) is 0 Å². The normalized spacial score (nSPS) is 14.7. The summed E-state index contributed by atoms with van der Waals surface area (Å²) in [4.78, 5) is 26.0. The van der Waals surface area contributed by atoms with Crippen molar-refractivity contribution in [1.82, 2.24) is 4.90 Å². The molecule has 0 saturated heterocycles. The third kappa shape index (κ3) is 5.25. The maximum absolute atomic E-state index is 12.3. The van der Waals surface area contributed by atoms with Crippen molar-refractivity contribution in [2.24, 2.45) is 0 Å². The Morgan fingerprint density at radius 3 is 2.54 bits per heavy atom. The zero-order chi connectivity index (χ0) is 17.5. The van der Waals surface area contributed by atoms with Gasteiger partial charge in [-0.3, -0.25) is 9.59 Å². The Labute approximate surface area is 144 Å². The highest BCUT2D eigenvalue weighted by Gasteiger charge is 2.24. The average Bonchev–Trinajstić information content (AvgIpc) is 3.02. The van der Waals surface area contributed by atoms with Gasteiger partial charge >= 0.3 is 0 Å². The maximum atomic E-state index is 12.3. The lowest BCUT2D eigenvalue weighted by Crippen LogP contribution is -2.39. The van der Waals surface area contributed by atoms with Gasteiger partial charge < -0.3 is 15.0 Å². The van der Waals surface area contributed by atoms with Crippen LogP contribution in [-0.4, -0.2) is 35.4 Å². The molecule has 24 heavy (non-hydrogen) atoms. The van der Waals surface area contributed by atoms with Crippen molar-refractivity contribution in [1.29, 1.82) is 0 Å². The molecule has 0 aromatic heterocycles. The third-order valence-electron chi connectivity index (χ3n) is 4.27. The second-order valence-corrected chi connectivity index (χ2v) is 6.61. The van der Waals surface area contributed by atoms with E-state index in [9.17, 15) is 9.59 Å². The van der Waals surface area contributed by atoms with Crippen molar-refractivity contribution >= 4 is 17.5 Å². The second kappa shape index (κ2) is 8.71. The molecule has 1 aromatic rings. The Morgan fingerprint density at radius 1 is 1.25 bits per heavy atom. The summed E-state index contributed by atoms with van der Waals surface area (Å²) in [5, 5.41) is 2.90. The first-order valence-corrected chi connectivity index (χ1v) is 8.80. The van der Waals surface area contributed by atoms with E-state index >= 15 is 0 Å². The number of ether oxygens (including phenoxy) is 1. The zero-order valence-corrected chi connectivity index (χ0v) is 14.9. The number of nitrogens with zero attached hydrogens (tertiary/aromatic N) is 1. The van der Waals surface area contributed by atoms with E-state index in [0.717, 1.165) is 12.8 Å². The molecule has 2 rings (SSSR count). The molecule has 1 aliphatic rings. The quantitative estimate of drug-likeness (QED) is 0.830. The van der Waals surface area contributed by atoms with Gasteiger partial charge in [-0.2, -0.15) is 0 Å². The minimum Gasteiger partial charge on any atom is -0.489 e. The van der Waals surface area contributed by atoms with Gasteiger partial charge in [-0.15, -0.1) is 0 Å². The Kier molecular flexibility index (Phi) is 6.64. The summed E-state index contributed by atoms with van der Waals surface area (Å²) in [6, 6.07) is 7.71. The predicted molar refractivity (Wildman–Crippen MR) is 95.1 cm³/mol. The van der Waals surface area contributed by atoms with Gasteiger partial charge in [-0.25, -0.2) is 0 Å². The van der Waals surface area contributed by atoms with Crippen molar-refractivity contribution in [3.8, 4) is 5.75 Å². The van der Waals surface area contributed by atoms with E-state index in [0.29, 0.717) is 30.4 Å². The van der Waals surface area contributed by atoms with Crippen molar-refractivity contribution < 1.29 is 14.3 Å². The van der Waals surface area contributed by atoms with E-state index in [1.807, 2.05) is 43.0 Å². The largest absolute Gasteiger partial charge is 0.489 e. The fraction of sp³-hybridized carbons (Fsp3) is 0.579. The van der Waals surface area contributed by atoms with Gasteiger partial charge in [0.2, 0.25) is 11.8 Å². The Bertz CT molecular complexity index is 565. The van der Waals surface area contributed by atoms with E-state index in [2.05, 4.69) is 5.32 Å². The summed E-state index contributed by atoms with van der Waals surface area (Å²) in [6.45, 7) is 5.96. The van der Waals surface area contributed by atoms with Gasteiger partial charge in [0.15, 0.2) is 0 Å². The minimum atomic E-state index is -0.0981. The van der Waals surface area contributed by atoms with Crippen molar-refractivity contribution in [2.45, 2.75) is 65.0 Å². The zero-order valence-electron chi connectivity index (χ0n) is 14.9. The molecule has 0 atom stereocenters.